The fourth-order valence-corrected chi connectivity index (χ4v) is 2.45. The van der Waals surface area contributed by atoms with Gasteiger partial charge in [-0.25, -0.2) is 0 Å². The molecule has 0 aromatic heterocycles. The van der Waals surface area contributed by atoms with Crippen LogP contribution < -0.4 is 0 Å². The molecule has 0 bridgehead atoms. The number of hydrogen-bond donors (Lipinski definition) is 0. The van der Waals surface area contributed by atoms with E-state index in [0.717, 1.165) is 17.7 Å². The van der Waals surface area contributed by atoms with E-state index in [1.54, 1.807) is 0 Å². The summed E-state index contributed by atoms with van der Waals surface area (Å²) in [7, 11) is 0. The third kappa shape index (κ3) is 1.53. The fourth-order valence-electron chi connectivity index (χ4n) is 2.45. The molecular formula is C12H14N2O2. The molecule has 16 heavy (non-hydrogen) atoms. The average Bonchev–Trinajstić information content (AvgIpc) is 2.62. The van der Waals surface area contributed by atoms with Crippen LogP contribution in [0.1, 0.15) is 32.6 Å². The molecule has 0 saturated heterocycles. The number of hydrogen-bond acceptors (Lipinski definition) is 3. The van der Waals surface area contributed by atoms with E-state index < -0.39 is 5.54 Å². The van der Waals surface area contributed by atoms with Crippen molar-refractivity contribution in [3.8, 4) is 6.07 Å². The fraction of sp³-hybridized carbons (Fsp3) is 0.583. The molecule has 0 spiro atoms. The predicted molar refractivity (Wildman–Crippen MR) is 57.0 cm³/mol. The highest BCUT2D eigenvalue weighted by atomic mass is 16.2. The number of nitriles is 1. The molecule has 0 aromatic rings. The van der Waals surface area contributed by atoms with Crippen LogP contribution in [0.4, 0.5) is 0 Å². The molecule has 0 N–H and O–H groups in total. The number of carbonyl (C=O) groups is 2. The molecule has 1 fully saturated rings. The van der Waals surface area contributed by atoms with E-state index >= 15 is 0 Å². The number of imide groups is 1. The highest BCUT2D eigenvalue weighted by Gasteiger charge is 2.46. The normalized spacial score (nSPS) is 34.2. The number of rotatable bonds is 1. The lowest BCUT2D eigenvalue weighted by atomic mass is 9.77. The van der Waals surface area contributed by atoms with Gasteiger partial charge in [-0.15, -0.1) is 0 Å². The van der Waals surface area contributed by atoms with E-state index in [1.807, 2.05) is 0 Å². The second-order valence-electron chi connectivity index (χ2n) is 4.67. The van der Waals surface area contributed by atoms with Crippen molar-refractivity contribution in [2.24, 2.45) is 5.92 Å². The second-order valence-corrected chi connectivity index (χ2v) is 4.67. The maximum Gasteiger partial charge on any atom is 0.254 e. The van der Waals surface area contributed by atoms with Gasteiger partial charge in [-0.2, -0.15) is 5.26 Å². The summed E-state index contributed by atoms with van der Waals surface area (Å²) in [5, 5.41) is 9.30. The minimum atomic E-state index is -0.899. The molecule has 1 aliphatic heterocycles. The summed E-state index contributed by atoms with van der Waals surface area (Å²) in [5.74, 6) is -0.121. The highest BCUT2D eigenvalue weighted by molar-refractivity contribution is 6.13. The van der Waals surface area contributed by atoms with Crippen molar-refractivity contribution in [2.75, 3.05) is 0 Å². The Bertz CT molecular complexity index is 380. The SMILES string of the molecule is CC1CCC(C#N)(N2C(=O)C=CC2=O)CC1. The van der Waals surface area contributed by atoms with E-state index in [0.29, 0.717) is 18.8 Å². The zero-order valence-electron chi connectivity index (χ0n) is 9.27. The highest BCUT2D eigenvalue weighted by Crippen LogP contribution is 2.37. The molecule has 84 valence electrons. The number of amides is 2. The van der Waals surface area contributed by atoms with Crippen LogP contribution in [0, 0.1) is 17.2 Å². The topological polar surface area (TPSA) is 61.2 Å². The van der Waals surface area contributed by atoms with Crippen LogP contribution >= 0.6 is 0 Å². The van der Waals surface area contributed by atoms with E-state index in [2.05, 4.69) is 13.0 Å². The molecule has 2 aliphatic rings. The minimum absolute atomic E-state index is 0.346. The van der Waals surface area contributed by atoms with Gasteiger partial charge in [0.1, 0.15) is 5.54 Å². The lowest BCUT2D eigenvalue weighted by Crippen LogP contribution is -2.52. The maximum atomic E-state index is 11.6. The molecule has 4 heteroatoms. The Morgan fingerprint density at radius 3 is 2.25 bits per heavy atom. The third-order valence-corrected chi connectivity index (χ3v) is 3.55. The van der Waals surface area contributed by atoms with Gasteiger partial charge in [0, 0.05) is 12.2 Å². The Labute approximate surface area is 94.5 Å². The van der Waals surface area contributed by atoms with Crippen LogP contribution in [0.3, 0.4) is 0 Å². The molecule has 0 unspecified atom stereocenters. The Kier molecular flexibility index (Phi) is 2.55. The minimum Gasteiger partial charge on any atom is -0.269 e. The summed E-state index contributed by atoms with van der Waals surface area (Å²) in [6, 6.07) is 2.18. The van der Waals surface area contributed by atoms with Gasteiger partial charge < -0.3 is 0 Å². The van der Waals surface area contributed by atoms with Crippen LogP contribution in [0.2, 0.25) is 0 Å². The van der Waals surface area contributed by atoms with Gasteiger partial charge in [0.2, 0.25) is 0 Å². The Balaban J connectivity index is 2.26. The monoisotopic (exact) mass is 218 g/mol. The van der Waals surface area contributed by atoms with Crippen molar-refractivity contribution in [3.63, 3.8) is 0 Å². The van der Waals surface area contributed by atoms with Crippen LogP contribution in [0.25, 0.3) is 0 Å². The van der Waals surface area contributed by atoms with E-state index in [1.165, 1.54) is 12.2 Å². The van der Waals surface area contributed by atoms with Gasteiger partial charge in [0.15, 0.2) is 0 Å². The van der Waals surface area contributed by atoms with Crippen LogP contribution in [0.5, 0.6) is 0 Å². The van der Waals surface area contributed by atoms with Gasteiger partial charge in [-0.05, 0) is 31.6 Å². The zero-order valence-corrected chi connectivity index (χ0v) is 9.27. The summed E-state index contributed by atoms with van der Waals surface area (Å²) >= 11 is 0. The second kappa shape index (κ2) is 3.75. The molecule has 2 rings (SSSR count). The van der Waals surface area contributed by atoms with Crippen molar-refractivity contribution in [3.05, 3.63) is 12.2 Å². The first-order valence-corrected chi connectivity index (χ1v) is 5.56. The standard InChI is InChI=1S/C12H14N2O2/c1-9-4-6-12(8-13,7-5-9)14-10(15)2-3-11(14)16/h2-3,9H,4-7H2,1H3. The van der Waals surface area contributed by atoms with Crippen molar-refractivity contribution in [1.82, 2.24) is 4.90 Å². The molecule has 1 aliphatic carbocycles. The van der Waals surface area contributed by atoms with Gasteiger partial charge >= 0.3 is 0 Å². The van der Waals surface area contributed by atoms with E-state index in [4.69, 9.17) is 0 Å². The molecule has 0 atom stereocenters. The molecule has 0 radical (unpaired) electrons. The molecular weight excluding hydrogens is 204 g/mol. The molecule has 2 amide bonds. The third-order valence-electron chi connectivity index (χ3n) is 3.55. The number of carbonyl (C=O) groups excluding carboxylic acids is 2. The lowest BCUT2D eigenvalue weighted by molar-refractivity contribution is -0.143. The van der Waals surface area contributed by atoms with Crippen molar-refractivity contribution in [1.29, 1.82) is 5.26 Å². The summed E-state index contributed by atoms with van der Waals surface area (Å²) in [6.07, 6.45) is 5.49. The predicted octanol–water partition coefficient (Wildman–Crippen LogP) is 1.38. The van der Waals surface area contributed by atoms with Gasteiger partial charge in [0.05, 0.1) is 6.07 Å². The molecule has 4 nitrogen and oxygen atoms in total. The van der Waals surface area contributed by atoms with E-state index in [9.17, 15) is 14.9 Å². The van der Waals surface area contributed by atoms with Crippen molar-refractivity contribution >= 4 is 11.8 Å². The first-order valence-electron chi connectivity index (χ1n) is 5.56. The van der Waals surface area contributed by atoms with Gasteiger partial charge in [0.25, 0.3) is 11.8 Å². The van der Waals surface area contributed by atoms with Gasteiger partial charge in [-0.1, -0.05) is 6.92 Å². The largest absolute Gasteiger partial charge is 0.269 e. The summed E-state index contributed by atoms with van der Waals surface area (Å²) in [6.45, 7) is 2.13. The summed E-state index contributed by atoms with van der Waals surface area (Å²) in [5.41, 5.74) is -0.899. The lowest BCUT2D eigenvalue weighted by Gasteiger charge is -2.39. The van der Waals surface area contributed by atoms with Crippen molar-refractivity contribution < 1.29 is 9.59 Å². The average molecular weight is 218 g/mol. The Morgan fingerprint density at radius 1 is 1.31 bits per heavy atom. The molecule has 0 aromatic carbocycles. The maximum absolute atomic E-state index is 11.6. The van der Waals surface area contributed by atoms with Crippen LogP contribution in [-0.2, 0) is 9.59 Å². The van der Waals surface area contributed by atoms with Crippen LogP contribution in [-0.4, -0.2) is 22.3 Å². The molecule has 1 heterocycles. The number of nitrogens with zero attached hydrogens (tertiary/aromatic N) is 2. The zero-order chi connectivity index (χ0) is 11.8. The summed E-state index contributed by atoms with van der Waals surface area (Å²) < 4.78 is 0. The van der Waals surface area contributed by atoms with Gasteiger partial charge in [-0.3, -0.25) is 14.5 Å². The van der Waals surface area contributed by atoms with E-state index in [-0.39, 0.29) is 11.8 Å². The Morgan fingerprint density at radius 2 is 1.81 bits per heavy atom. The first kappa shape index (κ1) is 10.9. The molecule has 1 saturated carbocycles. The van der Waals surface area contributed by atoms with Crippen LogP contribution in [0.15, 0.2) is 12.2 Å². The Hall–Kier alpha value is -1.63. The smallest absolute Gasteiger partial charge is 0.254 e. The summed E-state index contributed by atoms with van der Waals surface area (Å²) in [4.78, 5) is 24.3. The quantitative estimate of drug-likeness (QED) is 0.625. The first-order chi connectivity index (χ1) is 7.59. The van der Waals surface area contributed by atoms with Crippen molar-refractivity contribution in [2.45, 2.75) is 38.1 Å².